The van der Waals surface area contributed by atoms with Crippen LogP contribution in [0.1, 0.15) is 28.6 Å². The van der Waals surface area contributed by atoms with E-state index in [4.69, 9.17) is 11.6 Å². The number of aromatic nitrogens is 3. The minimum absolute atomic E-state index is 0.116. The van der Waals surface area contributed by atoms with E-state index >= 15 is 0 Å². The van der Waals surface area contributed by atoms with E-state index in [1.165, 1.54) is 17.3 Å². The molecular weight excluding hydrogens is 394 g/mol. The molecule has 2 aromatic carbocycles. The molecule has 4 rings (SSSR count). The van der Waals surface area contributed by atoms with Crippen LogP contribution in [-0.4, -0.2) is 26.0 Å². The van der Waals surface area contributed by atoms with Gasteiger partial charge in [0.2, 0.25) is 11.1 Å². The third-order valence-electron chi connectivity index (χ3n) is 4.73. The molecule has 0 bridgehead atoms. The molecule has 144 valence electrons. The number of hydrogen-bond donors (Lipinski definition) is 2. The summed E-state index contributed by atoms with van der Waals surface area (Å²) in [6.07, 6.45) is 0. The highest BCUT2D eigenvalue weighted by Gasteiger charge is 2.37. The number of aryl methyl sites for hydroxylation is 3. The fourth-order valence-electron chi connectivity index (χ4n) is 3.07. The maximum Gasteiger partial charge on any atom is 0.240 e. The van der Waals surface area contributed by atoms with Crippen molar-refractivity contribution in [2.75, 3.05) is 10.7 Å². The predicted octanol–water partition coefficient (Wildman–Crippen LogP) is 4.25. The number of carbonyl (C=O) groups excluding carboxylic acids is 1. The van der Waals surface area contributed by atoms with Crippen LogP contribution in [0, 0.1) is 20.8 Å². The minimum Gasteiger partial charge on any atom is -0.325 e. The zero-order valence-electron chi connectivity index (χ0n) is 15.7. The van der Waals surface area contributed by atoms with Crippen molar-refractivity contribution < 1.29 is 4.79 Å². The van der Waals surface area contributed by atoms with Crippen LogP contribution >= 0.6 is 23.4 Å². The van der Waals surface area contributed by atoms with Gasteiger partial charge in [0.05, 0.1) is 6.04 Å². The normalized spacial score (nSPS) is 18.3. The quantitative estimate of drug-likeness (QED) is 0.671. The number of nitrogens with zero attached hydrogens (tertiary/aromatic N) is 3. The molecule has 0 aliphatic carbocycles. The molecule has 0 fully saturated rings. The Kier molecular flexibility index (Phi) is 5.03. The number of benzene rings is 2. The largest absolute Gasteiger partial charge is 0.325 e. The summed E-state index contributed by atoms with van der Waals surface area (Å²) >= 11 is 7.60. The summed E-state index contributed by atoms with van der Waals surface area (Å²) < 4.78 is 1.84. The zero-order valence-corrected chi connectivity index (χ0v) is 17.3. The zero-order chi connectivity index (χ0) is 19.8. The van der Waals surface area contributed by atoms with Crippen LogP contribution in [0.15, 0.2) is 47.6 Å². The lowest BCUT2D eigenvalue weighted by molar-refractivity contribution is -0.116. The predicted molar refractivity (Wildman–Crippen MR) is 113 cm³/mol. The van der Waals surface area contributed by atoms with Crippen molar-refractivity contribution >= 4 is 35.0 Å². The summed E-state index contributed by atoms with van der Waals surface area (Å²) in [6.45, 7) is 5.85. The Hall–Kier alpha value is -2.51. The van der Waals surface area contributed by atoms with Crippen molar-refractivity contribution in [3.63, 3.8) is 0 Å². The molecule has 1 aliphatic rings. The van der Waals surface area contributed by atoms with Crippen LogP contribution in [0.3, 0.4) is 0 Å². The molecule has 6 nitrogen and oxygen atoms in total. The smallest absolute Gasteiger partial charge is 0.240 e. The number of thioether (sulfide) groups is 1. The molecule has 1 aliphatic heterocycles. The molecule has 1 aromatic heterocycles. The Balaban J connectivity index is 1.65. The van der Waals surface area contributed by atoms with Crippen molar-refractivity contribution in [1.29, 1.82) is 0 Å². The van der Waals surface area contributed by atoms with E-state index in [2.05, 4.69) is 20.9 Å². The Morgan fingerprint density at radius 1 is 1.14 bits per heavy atom. The first kappa shape index (κ1) is 18.8. The summed E-state index contributed by atoms with van der Waals surface area (Å²) in [6, 6.07) is 13.5. The fourth-order valence-corrected chi connectivity index (χ4v) is 4.37. The van der Waals surface area contributed by atoms with E-state index in [0.29, 0.717) is 15.9 Å². The van der Waals surface area contributed by atoms with Crippen molar-refractivity contribution in [2.45, 2.75) is 37.2 Å². The van der Waals surface area contributed by atoms with Gasteiger partial charge in [0.15, 0.2) is 0 Å². The molecule has 0 unspecified atom stereocenters. The topological polar surface area (TPSA) is 71.8 Å². The lowest BCUT2D eigenvalue weighted by Gasteiger charge is -2.32. The monoisotopic (exact) mass is 413 g/mol. The molecule has 8 heteroatoms. The molecule has 0 saturated carbocycles. The van der Waals surface area contributed by atoms with Crippen LogP contribution in [-0.2, 0) is 4.79 Å². The Labute approximate surface area is 172 Å². The molecule has 2 heterocycles. The lowest BCUT2D eigenvalue weighted by Crippen LogP contribution is -2.41. The number of halogens is 1. The molecule has 2 atom stereocenters. The van der Waals surface area contributed by atoms with Crippen LogP contribution < -0.4 is 10.7 Å². The maximum absolute atomic E-state index is 13.2. The summed E-state index contributed by atoms with van der Waals surface area (Å²) in [4.78, 5) is 13.2. The van der Waals surface area contributed by atoms with Crippen molar-refractivity contribution in [1.82, 2.24) is 14.9 Å². The third kappa shape index (κ3) is 3.59. The third-order valence-corrected chi connectivity index (χ3v) is 6.36. The van der Waals surface area contributed by atoms with Gasteiger partial charge in [-0.15, -0.1) is 10.2 Å². The molecule has 0 radical (unpaired) electrons. The molecule has 28 heavy (non-hydrogen) atoms. The Morgan fingerprint density at radius 3 is 2.61 bits per heavy atom. The second-order valence-electron chi connectivity index (χ2n) is 6.87. The maximum atomic E-state index is 13.2. The van der Waals surface area contributed by atoms with Gasteiger partial charge in [-0.1, -0.05) is 59.3 Å². The van der Waals surface area contributed by atoms with Gasteiger partial charge in [-0.05, 0) is 44.0 Å². The van der Waals surface area contributed by atoms with Crippen molar-refractivity contribution in [3.8, 4) is 0 Å². The molecule has 3 aromatic rings. The number of rotatable bonds is 3. The number of carbonyl (C=O) groups is 1. The van der Waals surface area contributed by atoms with E-state index in [-0.39, 0.29) is 11.9 Å². The van der Waals surface area contributed by atoms with Gasteiger partial charge in [0.1, 0.15) is 11.1 Å². The Bertz CT molecular complexity index is 1030. The van der Waals surface area contributed by atoms with E-state index in [9.17, 15) is 4.79 Å². The highest BCUT2D eigenvalue weighted by molar-refractivity contribution is 8.00. The van der Waals surface area contributed by atoms with Gasteiger partial charge in [0.25, 0.3) is 0 Å². The van der Waals surface area contributed by atoms with E-state index in [1.807, 2.05) is 61.8 Å². The van der Waals surface area contributed by atoms with Crippen LogP contribution in [0.2, 0.25) is 5.02 Å². The van der Waals surface area contributed by atoms with Gasteiger partial charge in [0, 0.05) is 10.7 Å². The number of amides is 1. The second-order valence-corrected chi connectivity index (χ2v) is 8.39. The van der Waals surface area contributed by atoms with Gasteiger partial charge >= 0.3 is 0 Å². The summed E-state index contributed by atoms with van der Waals surface area (Å²) in [7, 11) is 0. The first-order valence-corrected chi connectivity index (χ1v) is 10.2. The average molecular weight is 414 g/mol. The highest BCUT2D eigenvalue weighted by atomic mass is 35.5. The average Bonchev–Trinajstić information content (AvgIpc) is 3.04. The van der Waals surface area contributed by atoms with E-state index < -0.39 is 5.25 Å². The number of anilines is 1. The van der Waals surface area contributed by atoms with Gasteiger partial charge < -0.3 is 10.7 Å². The summed E-state index contributed by atoms with van der Waals surface area (Å²) in [5.41, 5.74) is 7.24. The Morgan fingerprint density at radius 2 is 1.89 bits per heavy atom. The van der Waals surface area contributed by atoms with Crippen LogP contribution in [0.25, 0.3) is 0 Å². The molecule has 0 spiro atoms. The lowest BCUT2D eigenvalue weighted by atomic mass is 10.0. The number of nitrogens with one attached hydrogen (secondary N) is 2. The van der Waals surface area contributed by atoms with Gasteiger partial charge in [-0.2, -0.15) is 0 Å². The molecule has 2 N–H and O–H groups in total. The first-order chi connectivity index (χ1) is 13.4. The highest BCUT2D eigenvalue weighted by Crippen LogP contribution is 2.37. The van der Waals surface area contributed by atoms with Crippen molar-refractivity contribution in [2.24, 2.45) is 0 Å². The van der Waals surface area contributed by atoms with Gasteiger partial charge in [-0.25, -0.2) is 4.68 Å². The van der Waals surface area contributed by atoms with Crippen molar-refractivity contribution in [3.05, 3.63) is 70.0 Å². The van der Waals surface area contributed by atoms with Crippen LogP contribution in [0.4, 0.5) is 5.69 Å². The molecular formula is C20H20ClN5OS. The van der Waals surface area contributed by atoms with E-state index in [1.54, 1.807) is 6.07 Å². The SMILES string of the molecule is Cc1ccc([C@@H]2Nn3c(C)nnc3S[C@H]2C(=O)Nc2ccc(C)c(Cl)c2)cc1. The molecule has 0 saturated heterocycles. The summed E-state index contributed by atoms with van der Waals surface area (Å²) in [5.74, 6) is 0.638. The summed E-state index contributed by atoms with van der Waals surface area (Å²) in [5, 5.41) is 12.2. The molecule has 1 amide bonds. The first-order valence-electron chi connectivity index (χ1n) is 8.91. The van der Waals surface area contributed by atoms with Gasteiger partial charge in [-0.3, -0.25) is 4.79 Å². The number of fused-ring (bicyclic) bond motifs is 1. The minimum atomic E-state index is -0.418. The number of hydrogen-bond acceptors (Lipinski definition) is 5. The van der Waals surface area contributed by atoms with Crippen LogP contribution in [0.5, 0.6) is 0 Å². The van der Waals surface area contributed by atoms with E-state index in [0.717, 1.165) is 17.0 Å². The second kappa shape index (κ2) is 7.48. The fraction of sp³-hybridized carbons (Fsp3) is 0.250. The standard InChI is InChI=1S/C20H20ClN5OS/c1-11-4-7-14(8-5-11)17-18(28-20-24-23-13(3)26(20)25-17)19(27)22-15-9-6-12(2)16(21)10-15/h4-10,17-18,25H,1-3H3,(H,22,27)/t17-,18+/m0/s1.